The molecule has 1 N–H and O–H groups in total. The van der Waals surface area contributed by atoms with E-state index >= 15 is 0 Å². The number of nitrogens with zero attached hydrogens (tertiary/aromatic N) is 1. The van der Waals surface area contributed by atoms with Crippen molar-refractivity contribution < 1.29 is 4.39 Å². The molecule has 16 heavy (non-hydrogen) atoms. The van der Waals surface area contributed by atoms with E-state index in [1.54, 1.807) is 29.0 Å². The van der Waals surface area contributed by atoms with Crippen molar-refractivity contribution in [1.82, 2.24) is 10.3 Å². The van der Waals surface area contributed by atoms with Crippen LogP contribution >= 0.6 is 11.3 Å². The lowest BCUT2D eigenvalue weighted by molar-refractivity contribution is 0.530. The van der Waals surface area contributed by atoms with Crippen LogP contribution in [0.5, 0.6) is 0 Å². The minimum absolute atomic E-state index is 0.00306. The van der Waals surface area contributed by atoms with E-state index in [1.165, 1.54) is 6.07 Å². The zero-order chi connectivity index (χ0) is 11.4. The second-order valence-corrected chi connectivity index (χ2v) is 4.56. The van der Waals surface area contributed by atoms with E-state index in [9.17, 15) is 4.39 Å². The molecule has 0 radical (unpaired) electrons. The molecule has 0 fully saturated rings. The van der Waals surface area contributed by atoms with Crippen LogP contribution in [0, 0.1) is 5.82 Å². The maximum Gasteiger partial charge on any atom is 0.127 e. The van der Waals surface area contributed by atoms with Gasteiger partial charge in [-0.05, 0) is 13.0 Å². The second-order valence-electron chi connectivity index (χ2n) is 3.59. The SMILES string of the molecule is CC(NCc1cncs1)c1ccccc1F. The lowest BCUT2D eigenvalue weighted by atomic mass is 10.1. The van der Waals surface area contributed by atoms with E-state index in [0.717, 1.165) is 11.4 Å². The van der Waals surface area contributed by atoms with E-state index in [0.29, 0.717) is 5.56 Å². The van der Waals surface area contributed by atoms with E-state index in [-0.39, 0.29) is 11.9 Å². The van der Waals surface area contributed by atoms with Gasteiger partial charge in [0, 0.05) is 29.2 Å². The summed E-state index contributed by atoms with van der Waals surface area (Å²) in [6, 6.07) is 6.85. The van der Waals surface area contributed by atoms with E-state index < -0.39 is 0 Å². The molecule has 0 aliphatic heterocycles. The monoisotopic (exact) mass is 236 g/mol. The van der Waals surface area contributed by atoms with Crippen molar-refractivity contribution in [3.05, 3.63) is 52.2 Å². The lowest BCUT2D eigenvalue weighted by Crippen LogP contribution is -2.18. The average molecular weight is 236 g/mol. The van der Waals surface area contributed by atoms with Gasteiger partial charge in [0.15, 0.2) is 0 Å². The molecule has 1 aromatic carbocycles. The summed E-state index contributed by atoms with van der Waals surface area (Å²) in [6.45, 7) is 2.68. The van der Waals surface area contributed by atoms with Gasteiger partial charge < -0.3 is 5.32 Å². The fraction of sp³-hybridized carbons (Fsp3) is 0.250. The van der Waals surface area contributed by atoms with Gasteiger partial charge in [-0.3, -0.25) is 4.98 Å². The van der Waals surface area contributed by atoms with Crippen molar-refractivity contribution in [2.45, 2.75) is 19.5 Å². The van der Waals surface area contributed by atoms with Gasteiger partial charge in [0.2, 0.25) is 0 Å². The Hall–Kier alpha value is -1.26. The summed E-state index contributed by atoms with van der Waals surface area (Å²) >= 11 is 1.60. The van der Waals surface area contributed by atoms with Crippen LogP contribution in [0.25, 0.3) is 0 Å². The van der Waals surface area contributed by atoms with Crippen molar-refractivity contribution in [2.75, 3.05) is 0 Å². The normalized spacial score (nSPS) is 12.6. The molecule has 84 valence electrons. The van der Waals surface area contributed by atoms with Crippen molar-refractivity contribution in [3.8, 4) is 0 Å². The Labute approximate surface area is 98.2 Å². The highest BCUT2D eigenvalue weighted by atomic mass is 32.1. The molecular weight excluding hydrogens is 223 g/mol. The Morgan fingerprint density at radius 3 is 2.94 bits per heavy atom. The van der Waals surface area contributed by atoms with E-state index in [1.807, 2.05) is 19.2 Å². The fourth-order valence-electron chi connectivity index (χ4n) is 1.52. The summed E-state index contributed by atoms with van der Waals surface area (Å²) < 4.78 is 13.5. The molecule has 1 atom stereocenters. The molecule has 0 bridgehead atoms. The van der Waals surface area contributed by atoms with Gasteiger partial charge in [0.05, 0.1) is 5.51 Å². The number of aromatic nitrogens is 1. The number of benzene rings is 1. The minimum atomic E-state index is -0.160. The highest BCUT2D eigenvalue weighted by molar-refractivity contribution is 7.09. The first kappa shape index (κ1) is 11.2. The van der Waals surface area contributed by atoms with Gasteiger partial charge >= 0.3 is 0 Å². The number of nitrogens with one attached hydrogen (secondary N) is 1. The van der Waals surface area contributed by atoms with Gasteiger partial charge in [-0.15, -0.1) is 11.3 Å². The largest absolute Gasteiger partial charge is 0.305 e. The average Bonchev–Trinajstić information content (AvgIpc) is 2.79. The molecule has 0 aliphatic rings. The Balaban J connectivity index is 1.98. The summed E-state index contributed by atoms with van der Waals surface area (Å²) in [5, 5.41) is 3.27. The van der Waals surface area contributed by atoms with Gasteiger partial charge in [0.1, 0.15) is 5.82 Å². The molecular formula is C12H13FN2S. The van der Waals surface area contributed by atoms with Gasteiger partial charge in [-0.25, -0.2) is 4.39 Å². The molecule has 0 amide bonds. The third kappa shape index (κ3) is 2.65. The smallest absolute Gasteiger partial charge is 0.127 e. The fourth-order valence-corrected chi connectivity index (χ4v) is 2.06. The summed E-state index contributed by atoms with van der Waals surface area (Å²) in [7, 11) is 0. The van der Waals surface area contributed by atoms with Crippen molar-refractivity contribution >= 4 is 11.3 Å². The summed E-state index contributed by atoms with van der Waals surface area (Å²) in [6.07, 6.45) is 1.83. The van der Waals surface area contributed by atoms with Crippen LogP contribution in [0.2, 0.25) is 0 Å². The Morgan fingerprint density at radius 1 is 1.44 bits per heavy atom. The third-order valence-corrected chi connectivity index (χ3v) is 3.22. The van der Waals surface area contributed by atoms with Gasteiger partial charge in [-0.1, -0.05) is 18.2 Å². The topological polar surface area (TPSA) is 24.9 Å². The quantitative estimate of drug-likeness (QED) is 0.882. The van der Waals surface area contributed by atoms with E-state index in [4.69, 9.17) is 0 Å². The van der Waals surface area contributed by atoms with Crippen LogP contribution < -0.4 is 5.32 Å². The molecule has 2 rings (SSSR count). The van der Waals surface area contributed by atoms with E-state index in [2.05, 4.69) is 10.3 Å². The Kier molecular flexibility index (Phi) is 3.64. The minimum Gasteiger partial charge on any atom is -0.305 e. The summed E-state index contributed by atoms with van der Waals surface area (Å²) in [4.78, 5) is 5.15. The molecule has 1 unspecified atom stereocenters. The first-order valence-corrected chi connectivity index (χ1v) is 6.00. The van der Waals surface area contributed by atoms with Crippen LogP contribution in [0.1, 0.15) is 23.4 Å². The second kappa shape index (κ2) is 5.18. The maximum atomic E-state index is 13.5. The molecule has 0 spiro atoms. The Morgan fingerprint density at radius 2 is 2.25 bits per heavy atom. The summed E-state index contributed by atoms with van der Waals surface area (Å²) in [5.74, 6) is -0.160. The first-order valence-electron chi connectivity index (χ1n) is 5.12. The molecule has 4 heteroatoms. The number of halogens is 1. The van der Waals surface area contributed by atoms with Crippen molar-refractivity contribution in [2.24, 2.45) is 0 Å². The number of hydrogen-bond acceptors (Lipinski definition) is 3. The zero-order valence-corrected chi connectivity index (χ0v) is 9.80. The molecule has 0 saturated carbocycles. The van der Waals surface area contributed by atoms with Crippen LogP contribution in [-0.2, 0) is 6.54 Å². The predicted octanol–water partition coefficient (Wildman–Crippen LogP) is 3.13. The number of rotatable bonds is 4. The van der Waals surface area contributed by atoms with Crippen LogP contribution in [0.15, 0.2) is 36.0 Å². The summed E-state index contributed by atoms with van der Waals surface area (Å²) in [5.41, 5.74) is 2.50. The Bertz CT molecular complexity index is 442. The number of thiazole rings is 1. The first-order chi connectivity index (χ1) is 7.77. The van der Waals surface area contributed by atoms with Gasteiger partial charge in [-0.2, -0.15) is 0 Å². The van der Waals surface area contributed by atoms with Crippen molar-refractivity contribution in [3.63, 3.8) is 0 Å². The molecule has 1 heterocycles. The zero-order valence-electron chi connectivity index (χ0n) is 8.98. The molecule has 2 aromatic rings. The highest BCUT2D eigenvalue weighted by Gasteiger charge is 2.09. The third-order valence-electron chi connectivity index (χ3n) is 2.44. The molecule has 2 nitrogen and oxygen atoms in total. The standard InChI is InChI=1S/C12H13FN2S/c1-9(11-4-2-3-5-12(11)13)15-7-10-6-14-8-16-10/h2-6,8-9,15H,7H2,1H3. The maximum absolute atomic E-state index is 13.5. The van der Waals surface area contributed by atoms with Crippen LogP contribution in [0.4, 0.5) is 4.39 Å². The molecule has 1 aromatic heterocycles. The van der Waals surface area contributed by atoms with Crippen molar-refractivity contribution in [1.29, 1.82) is 0 Å². The predicted molar refractivity (Wildman–Crippen MR) is 63.8 cm³/mol. The number of hydrogen-bond donors (Lipinski definition) is 1. The van der Waals surface area contributed by atoms with Gasteiger partial charge in [0.25, 0.3) is 0 Å². The molecule has 0 saturated heterocycles. The van der Waals surface area contributed by atoms with Crippen LogP contribution in [-0.4, -0.2) is 4.98 Å². The lowest BCUT2D eigenvalue weighted by Gasteiger charge is -2.13. The molecule has 0 aliphatic carbocycles. The highest BCUT2D eigenvalue weighted by Crippen LogP contribution is 2.17. The van der Waals surface area contributed by atoms with Crippen LogP contribution in [0.3, 0.4) is 0 Å².